The summed E-state index contributed by atoms with van der Waals surface area (Å²) >= 11 is 0. The fraction of sp³-hybridized carbons (Fsp3) is 0.579. The molecule has 7 heteroatoms. The maximum Gasteiger partial charge on any atom is 0.251 e. The second-order valence-electron chi connectivity index (χ2n) is 5.59. The van der Waals surface area contributed by atoms with Gasteiger partial charge in [-0.15, -0.1) is 24.0 Å². The summed E-state index contributed by atoms with van der Waals surface area (Å²) in [5.41, 5.74) is 1.68. The first-order valence-corrected chi connectivity index (χ1v) is 9.18. The van der Waals surface area contributed by atoms with Gasteiger partial charge in [-0.05, 0) is 51.3 Å². The zero-order valence-electron chi connectivity index (χ0n) is 16.1. The van der Waals surface area contributed by atoms with E-state index in [4.69, 9.17) is 4.74 Å². The van der Waals surface area contributed by atoms with E-state index in [1.807, 2.05) is 45.0 Å². The molecule has 1 amide bonds. The molecule has 0 bridgehead atoms. The third-order valence-electron chi connectivity index (χ3n) is 3.50. The van der Waals surface area contributed by atoms with Gasteiger partial charge in [0.1, 0.15) is 0 Å². The van der Waals surface area contributed by atoms with E-state index in [1.54, 1.807) is 0 Å². The van der Waals surface area contributed by atoms with Crippen molar-refractivity contribution >= 4 is 35.8 Å². The Labute approximate surface area is 174 Å². The fourth-order valence-corrected chi connectivity index (χ4v) is 2.27. The number of carbonyl (C=O) groups is 1. The van der Waals surface area contributed by atoms with Crippen LogP contribution in [-0.2, 0) is 11.3 Å². The summed E-state index contributed by atoms with van der Waals surface area (Å²) < 4.78 is 5.33. The molecule has 0 spiro atoms. The lowest BCUT2D eigenvalue weighted by Crippen LogP contribution is -2.37. The topological polar surface area (TPSA) is 74.8 Å². The molecule has 0 unspecified atom stereocenters. The Morgan fingerprint density at radius 1 is 1.08 bits per heavy atom. The minimum Gasteiger partial charge on any atom is -0.382 e. The molecule has 0 aliphatic rings. The summed E-state index contributed by atoms with van der Waals surface area (Å²) in [6, 6.07) is 7.58. The van der Waals surface area contributed by atoms with Gasteiger partial charge in [0.15, 0.2) is 5.96 Å². The number of aliphatic imine (C=N–C) groups is 1. The first kappa shape index (κ1) is 24.7. The van der Waals surface area contributed by atoms with Crippen molar-refractivity contribution < 1.29 is 9.53 Å². The predicted molar refractivity (Wildman–Crippen MR) is 118 cm³/mol. The smallest absolute Gasteiger partial charge is 0.251 e. The summed E-state index contributed by atoms with van der Waals surface area (Å²) in [7, 11) is 0. The average molecular weight is 476 g/mol. The van der Waals surface area contributed by atoms with Crippen LogP contribution in [0.25, 0.3) is 0 Å². The van der Waals surface area contributed by atoms with Crippen LogP contribution in [0.3, 0.4) is 0 Å². The molecule has 0 aromatic heterocycles. The van der Waals surface area contributed by atoms with Gasteiger partial charge in [0.2, 0.25) is 0 Å². The molecule has 6 nitrogen and oxygen atoms in total. The first-order valence-electron chi connectivity index (χ1n) is 9.18. The maximum absolute atomic E-state index is 11.9. The van der Waals surface area contributed by atoms with Gasteiger partial charge >= 0.3 is 0 Å². The number of halogens is 1. The SMILES string of the molecule is CCNC(=O)c1cccc(CN=C(NCC)NCCCCOCC)c1.I. The van der Waals surface area contributed by atoms with Crippen molar-refractivity contribution in [2.75, 3.05) is 32.8 Å². The Hall–Kier alpha value is -1.35. The largest absolute Gasteiger partial charge is 0.382 e. The number of nitrogens with zero attached hydrogens (tertiary/aromatic N) is 1. The van der Waals surface area contributed by atoms with Crippen LogP contribution in [0.1, 0.15) is 49.5 Å². The van der Waals surface area contributed by atoms with Crippen LogP contribution in [0.2, 0.25) is 0 Å². The number of hydrogen-bond donors (Lipinski definition) is 3. The molecule has 1 aromatic rings. The minimum absolute atomic E-state index is 0. The lowest BCUT2D eigenvalue weighted by molar-refractivity contribution is 0.0955. The van der Waals surface area contributed by atoms with Gasteiger partial charge in [-0.3, -0.25) is 4.79 Å². The van der Waals surface area contributed by atoms with Crippen LogP contribution < -0.4 is 16.0 Å². The maximum atomic E-state index is 11.9. The van der Waals surface area contributed by atoms with E-state index < -0.39 is 0 Å². The predicted octanol–water partition coefficient (Wildman–Crippen LogP) is 2.93. The summed E-state index contributed by atoms with van der Waals surface area (Å²) in [6.07, 6.45) is 2.08. The average Bonchev–Trinajstić information content (AvgIpc) is 2.63. The van der Waals surface area contributed by atoms with Crippen molar-refractivity contribution in [1.29, 1.82) is 0 Å². The number of guanidine groups is 1. The highest BCUT2D eigenvalue weighted by Crippen LogP contribution is 2.06. The Morgan fingerprint density at radius 3 is 2.54 bits per heavy atom. The summed E-state index contributed by atoms with van der Waals surface area (Å²) in [5, 5.41) is 9.38. The van der Waals surface area contributed by atoms with E-state index >= 15 is 0 Å². The molecule has 0 radical (unpaired) electrons. The number of rotatable bonds is 11. The zero-order chi connectivity index (χ0) is 18.3. The van der Waals surface area contributed by atoms with Crippen LogP contribution >= 0.6 is 24.0 Å². The van der Waals surface area contributed by atoms with Crippen molar-refractivity contribution in [1.82, 2.24) is 16.0 Å². The minimum atomic E-state index is -0.0485. The molecule has 0 saturated heterocycles. The molecule has 0 saturated carbocycles. The van der Waals surface area contributed by atoms with Gasteiger partial charge in [0, 0.05) is 38.4 Å². The van der Waals surface area contributed by atoms with E-state index in [1.165, 1.54) is 0 Å². The second-order valence-corrected chi connectivity index (χ2v) is 5.59. The van der Waals surface area contributed by atoms with Gasteiger partial charge in [-0.25, -0.2) is 4.99 Å². The highest BCUT2D eigenvalue weighted by Gasteiger charge is 2.04. The van der Waals surface area contributed by atoms with Crippen LogP contribution in [0.4, 0.5) is 0 Å². The summed E-state index contributed by atoms with van der Waals surface area (Å²) in [6.45, 7) is 10.4. The molecule has 3 N–H and O–H groups in total. The molecular formula is C19H33IN4O2. The monoisotopic (exact) mass is 476 g/mol. The molecule has 148 valence electrons. The van der Waals surface area contributed by atoms with E-state index in [-0.39, 0.29) is 29.9 Å². The molecule has 0 fully saturated rings. The number of nitrogens with one attached hydrogen (secondary N) is 3. The molecular weight excluding hydrogens is 443 g/mol. The first-order chi connectivity index (χ1) is 12.2. The molecule has 0 aliphatic carbocycles. The van der Waals surface area contributed by atoms with E-state index in [9.17, 15) is 4.79 Å². The number of carbonyl (C=O) groups excluding carboxylic acids is 1. The Balaban J connectivity index is 0.00000625. The Kier molecular flexibility index (Phi) is 15.0. The molecule has 0 atom stereocenters. The quantitative estimate of drug-likeness (QED) is 0.199. The van der Waals surface area contributed by atoms with Crippen molar-refractivity contribution in [3.63, 3.8) is 0 Å². The van der Waals surface area contributed by atoms with Gasteiger partial charge in [0.05, 0.1) is 6.54 Å². The van der Waals surface area contributed by atoms with Crippen molar-refractivity contribution in [2.24, 2.45) is 4.99 Å². The van der Waals surface area contributed by atoms with Crippen molar-refractivity contribution in [3.05, 3.63) is 35.4 Å². The third-order valence-corrected chi connectivity index (χ3v) is 3.50. The van der Waals surface area contributed by atoms with Gasteiger partial charge in [-0.2, -0.15) is 0 Å². The van der Waals surface area contributed by atoms with E-state index in [0.29, 0.717) is 18.7 Å². The normalized spacial score (nSPS) is 10.8. The molecule has 1 aromatic carbocycles. The standard InChI is InChI=1S/C19H32N4O2.HI/c1-4-20-18(24)17-11-9-10-16(14-17)15-23-19(21-5-2)22-12-7-8-13-25-6-3;/h9-11,14H,4-8,12-13,15H2,1-3H3,(H,20,24)(H2,21,22,23);1H. The van der Waals surface area contributed by atoms with E-state index in [2.05, 4.69) is 20.9 Å². The number of amides is 1. The molecule has 26 heavy (non-hydrogen) atoms. The summed E-state index contributed by atoms with van der Waals surface area (Å²) in [4.78, 5) is 16.5. The third kappa shape index (κ3) is 10.6. The number of unbranched alkanes of at least 4 members (excludes halogenated alkanes) is 1. The molecule has 0 aliphatic heterocycles. The highest BCUT2D eigenvalue weighted by molar-refractivity contribution is 14.0. The number of benzene rings is 1. The molecule has 0 heterocycles. The van der Waals surface area contributed by atoms with Gasteiger partial charge < -0.3 is 20.7 Å². The summed E-state index contributed by atoms with van der Waals surface area (Å²) in [5.74, 6) is 0.745. The lowest BCUT2D eigenvalue weighted by atomic mass is 10.1. The van der Waals surface area contributed by atoms with Crippen LogP contribution in [0.15, 0.2) is 29.3 Å². The van der Waals surface area contributed by atoms with Gasteiger partial charge in [0.25, 0.3) is 5.91 Å². The van der Waals surface area contributed by atoms with Gasteiger partial charge in [-0.1, -0.05) is 12.1 Å². The lowest BCUT2D eigenvalue weighted by Gasteiger charge is -2.11. The Morgan fingerprint density at radius 2 is 1.85 bits per heavy atom. The fourth-order valence-electron chi connectivity index (χ4n) is 2.27. The van der Waals surface area contributed by atoms with Crippen LogP contribution in [-0.4, -0.2) is 44.7 Å². The zero-order valence-corrected chi connectivity index (χ0v) is 18.5. The second kappa shape index (κ2) is 15.9. The van der Waals surface area contributed by atoms with E-state index in [0.717, 1.165) is 50.7 Å². The van der Waals surface area contributed by atoms with Crippen molar-refractivity contribution in [3.8, 4) is 0 Å². The molecule has 1 rings (SSSR count). The number of ether oxygens (including phenoxy) is 1. The number of hydrogen-bond acceptors (Lipinski definition) is 3. The highest BCUT2D eigenvalue weighted by atomic mass is 127. The van der Waals surface area contributed by atoms with Crippen molar-refractivity contribution in [2.45, 2.75) is 40.2 Å². The van der Waals surface area contributed by atoms with Crippen LogP contribution in [0.5, 0.6) is 0 Å². The Bertz CT molecular complexity index is 538. The van der Waals surface area contributed by atoms with Crippen LogP contribution in [0, 0.1) is 0 Å².